The lowest BCUT2D eigenvalue weighted by molar-refractivity contribution is 0.199. The van der Waals surface area contributed by atoms with E-state index in [1.165, 1.54) is 16.5 Å². The molecule has 2 rings (SSSR count). The van der Waals surface area contributed by atoms with Crippen molar-refractivity contribution in [1.29, 1.82) is 0 Å². The first-order chi connectivity index (χ1) is 8.92. The van der Waals surface area contributed by atoms with Gasteiger partial charge >= 0.3 is 0 Å². The molecule has 0 aliphatic rings. The Hall–Kier alpha value is -1.36. The van der Waals surface area contributed by atoms with E-state index < -0.39 is 0 Å². The number of hydrogen-bond donors (Lipinski definition) is 3. The van der Waals surface area contributed by atoms with Crippen LogP contribution in [0.4, 0.5) is 0 Å². The van der Waals surface area contributed by atoms with Crippen molar-refractivity contribution in [2.24, 2.45) is 0 Å². The first-order valence-electron chi connectivity index (χ1n) is 6.37. The summed E-state index contributed by atoms with van der Waals surface area (Å²) in [4.78, 5) is 3.23. The third-order valence-electron chi connectivity index (χ3n) is 2.96. The minimum absolute atomic E-state index is 0.767. The van der Waals surface area contributed by atoms with Crippen LogP contribution in [0, 0.1) is 0 Å². The second-order valence-electron chi connectivity index (χ2n) is 4.28. The molecule has 0 saturated carbocycles. The molecule has 0 atom stereocenters. The molecule has 4 heteroatoms. The standard InChI is InChI=1S/C14H21N3O/c1-18-10-9-15-7-8-16-11-12-3-2-4-14-13(12)5-6-17-14/h2-6,15-17H,7-11H2,1H3. The Kier molecular flexibility index (Phi) is 5.20. The number of nitrogens with one attached hydrogen (secondary N) is 3. The van der Waals surface area contributed by atoms with E-state index in [4.69, 9.17) is 4.74 Å². The van der Waals surface area contributed by atoms with E-state index in [0.29, 0.717) is 0 Å². The van der Waals surface area contributed by atoms with Gasteiger partial charge in [0.25, 0.3) is 0 Å². The second kappa shape index (κ2) is 7.16. The van der Waals surface area contributed by atoms with Crippen LogP contribution in [0.3, 0.4) is 0 Å². The highest BCUT2D eigenvalue weighted by atomic mass is 16.5. The van der Waals surface area contributed by atoms with E-state index in [1.54, 1.807) is 7.11 Å². The number of ether oxygens (including phenoxy) is 1. The molecule has 1 aromatic carbocycles. The van der Waals surface area contributed by atoms with Gasteiger partial charge in [0.1, 0.15) is 0 Å². The Balaban J connectivity index is 1.72. The van der Waals surface area contributed by atoms with Crippen molar-refractivity contribution in [3.63, 3.8) is 0 Å². The maximum Gasteiger partial charge on any atom is 0.0587 e. The second-order valence-corrected chi connectivity index (χ2v) is 4.28. The molecule has 1 heterocycles. The molecule has 2 aromatic rings. The molecule has 0 unspecified atom stereocenters. The quantitative estimate of drug-likeness (QED) is 0.620. The van der Waals surface area contributed by atoms with Crippen molar-refractivity contribution in [2.45, 2.75) is 6.54 Å². The topological polar surface area (TPSA) is 49.1 Å². The van der Waals surface area contributed by atoms with Crippen molar-refractivity contribution >= 4 is 10.9 Å². The average Bonchev–Trinajstić information content (AvgIpc) is 2.86. The number of methoxy groups -OCH3 is 1. The van der Waals surface area contributed by atoms with Crippen molar-refractivity contribution in [1.82, 2.24) is 15.6 Å². The lowest BCUT2D eigenvalue weighted by Crippen LogP contribution is -2.29. The fourth-order valence-corrected chi connectivity index (χ4v) is 2.00. The molecule has 0 bridgehead atoms. The van der Waals surface area contributed by atoms with Crippen LogP contribution in [0.1, 0.15) is 5.56 Å². The van der Waals surface area contributed by atoms with E-state index in [9.17, 15) is 0 Å². The molecule has 0 radical (unpaired) electrons. The minimum atomic E-state index is 0.767. The summed E-state index contributed by atoms with van der Waals surface area (Å²) in [5.41, 5.74) is 2.54. The highest BCUT2D eigenvalue weighted by Gasteiger charge is 2.00. The summed E-state index contributed by atoms with van der Waals surface area (Å²) in [5, 5.41) is 8.06. The monoisotopic (exact) mass is 247 g/mol. The van der Waals surface area contributed by atoms with Gasteiger partial charge in [-0.1, -0.05) is 12.1 Å². The zero-order valence-corrected chi connectivity index (χ0v) is 10.8. The Morgan fingerprint density at radius 2 is 2.00 bits per heavy atom. The van der Waals surface area contributed by atoms with Gasteiger partial charge in [-0.25, -0.2) is 0 Å². The van der Waals surface area contributed by atoms with E-state index in [-0.39, 0.29) is 0 Å². The van der Waals surface area contributed by atoms with Gasteiger partial charge in [-0.05, 0) is 17.7 Å². The fraction of sp³-hybridized carbons (Fsp3) is 0.429. The molecule has 0 spiro atoms. The molecule has 4 nitrogen and oxygen atoms in total. The molecule has 0 aliphatic carbocycles. The van der Waals surface area contributed by atoms with Gasteiger partial charge in [0.05, 0.1) is 6.61 Å². The Bertz CT molecular complexity index is 467. The largest absolute Gasteiger partial charge is 0.383 e. The van der Waals surface area contributed by atoms with Crippen LogP contribution in [0.5, 0.6) is 0 Å². The summed E-state index contributed by atoms with van der Waals surface area (Å²) in [6.07, 6.45) is 1.99. The summed E-state index contributed by atoms with van der Waals surface area (Å²) < 4.78 is 4.97. The maximum absolute atomic E-state index is 4.97. The third-order valence-corrected chi connectivity index (χ3v) is 2.96. The van der Waals surface area contributed by atoms with Gasteiger partial charge < -0.3 is 20.4 Å². The molecule has 0 amide bonds. The summed E-state index contributed by atoms with van der Waals surface area (Å²) >= 11 is 0. The third kappa shape index (κ3) is 3.57. The SMILES string of the molecule is COCCNCCNCc1cccc2[nH]ccc12. The first kappa shape index (κ1) is 13.1. The van der Waals surface area contributed by atoms with Crippen molar-refractivity contribution in [3.8, 4) is 0 Å². The maximum atomic E-state index is 4.97. The van der Waals surface area contributed by atoms with Crippen molar-refractivity contribution in [3.05, 3.63) is 36.0 Å². The lowest BCUT2D eigenvalue weighted by atomic mass is 10.1. The van der Waals surface area contributed by atoms with Gasteiger partial charge in [0, 0.05) is 50.4 Å². The van der Waals surface area contributed by atoms with Crippen molar-refractivity contribution in [2.75, 3.05) is 33.4 Å². The Morgan fingerprint density at radius 3 is 2.89 bits per heavy atom. The lowest BCUT2D eigenvalue weighted by Gasteiger charge is -2.07. The van der Waals surface area contributed by atoms with Crippen molar-refractivity contribution < 1.29 is 4.74 Å². The molecule has 98 valence electrons. The van der Waals surface area contributed by atoms with E-state index in [1.807, 2.05) is 6.20 Å². The van der Waals surface area contributed by atoms with Crippen LogP contribution >= 0.6 is 0 Å². The Labute approximate surface area is 108 Å². The number of fused-ring (bicyclic) bond motifs is 1. The molecule has 3 N–H and O–H groups in total. The van der Waals surface area contributed by atoms with E-state index in [2.05, 4.69) is 39.9 Å². The predicted molar refractivity (Wildman–Crippen MR) is 74.8 cm³/mol. The van der Waals surface area contributed by atoms with E-state index in [0.717, 1.165) is 32.8 Å². The molecular weight excluding hydrogens is 226 g/mol. The molecular formula is C14H21N3O. The Morgan fingerprint density at radius 1 is 1.11 bits per heavy atom. The van der Waals surface area contributed by atoms with Gasteiger partial charge in [0.15, 0.2) is 0 Å². The number of aromatic amines is 1. The summed E-state index contributed by atoms with van der Waals surface area (Å²) in [7, 11) is 1.72. The van der Waals surface area contributed by atoms with Crippen LogP contribution in [0.2, 0.25) is 0 Å². The number of rotatable bonds is 8. The molecule has 0 fully saturated rings. The number of H-pyrrole nitrogens is 1. The minimum Gasteiger partial charge on any atom is -0.383 e. The number of benzene rings is 1. The zero-order valence-electron chi connectivity index (χ0n) is 10.8. The molecule has 0 aliphatic heterocycles. The zero-order chi connectivity index (χ0) is 12.6. The summed E-state index contributed by atoms with van der Waals surface area (Å²) in [6.45, 7) is 4.51. The van der Waals surface area contributed by atoms with Crippen LogP contribution in [-0.2, 0) is 11.3 Å². The van der Waals surface area contributed by atoms with Gasteiger partial charge in [-0.3, -0.25) is 0 Å². The molecule has 1 aromatic heterocycles. The molecule has 0 saturated heterocycles. The van der Waals surface area contributed by atoms with Crippen LogP contribution in [0.25, 0.3) is 10.9 Å². The molecule has 18 heavy (non-hydrogen) atoms. The summed E-state index contributed by atoms with van der Waals surface area (Å²) in [6, 6.07) is 8.49. The fourth-order valence-electron chi connectivity index (χ4n) is 2.00. The van der Waals surface area contributed by atoms with Crippen LogP contribution in [0.15, 0.2) is 30.5 Å². The van der Waals surface area contributed by atoms with Gasteiger partial charge in [-0.2, -0.15) is 0 Å². The number of hydrogen-bond acceptors (Lipinski definition) is 3. The summed E-state index contributed by atoms with van der Waals surface area (Å²) in [5.74, 6) is 0. The van der Waals surface area contributed by atoms with Gasteiger partial charge in [-0.15, -0.1) is 0 Å². The van der Waals surface area contributed by atoms with Gasteiger partial charge in [0.2, 0.25) is 0 Å². The normalized spacial score (nSPS) is 11.2. The van der Waals surface area contributed by atoms with Crippen LogP contribution < -0.4 is 10.6 Å². The highest BCUT2D eigenvalue weighted by molar-refractivity contribution is 5.82. The highest BCUT2D eigenvalue weighted by Crippen LogP contribution is 2.16. The smallest absolute Gasteiger partial charge is 0.0587 e. The van der Waals surface area contributed by atoms with E-state index >= 15 is 0 Å². The van der Waals surface area contributed by atoms with Crippen LogP contribution in [-0.4, -0.2) is 38.3 Å². The number of aromatic nitrogens is 1. The first-order valence-corrected chi connectivity index (χ1v) is 6.37. The average molecular weight is 247 g/mol. The predicted octanol–water partition coefficient (Wildman–Crippen LogP) is 1.49.